The average molecular weight is 501 g/mol. The number of ether oxygens (including phenoxy) is 2. The molecule has 2 N–H and O–H groups in total. The lowest BCUT2D eigenvalue weighted by Crippen LogP contribution is -2.24. The van der Waals surface area contributed by atoms with E-state index >= 15 is 0 Å². The van der Waals surface area contributed by atoms with Gasteiger partial charge in [0.1, 0.15) is 11.4 Å². The third-order valence-electron chi connectivity index (χ3n) is 6.28. The largest absolute Gasteiger partial charge is 0.399 e. The summed E-state index contributed by atoms with van der Waals surface area (Å²) in [6.45, 7) is 15.5. The number of hydrogen-bond donors (Lipinski definition) is 1. The fourth-order valence-electron chi connectivity index (χ4n) is 3.62. The monoisotopic (exact) mass is 500 g/mol. The van der Waals surface area contributed by atoms with Crippen LogP contribution in [0.4, 0.5) is 11.4 Å². The smallest absolute Gasteiger partial charge is 0.141 e. The first-order chi connectivity index (χ1) is 16.7. The fourth-order valence-corrected chi connectivity index (χ4v) is 4.48. The van der Waals surface area contributed by atoms with Crippen molar-refractivity contribution >= 4 is 34.4 Å². The number of nitrogen functional groups attached to an aromatic ring is 1. The molecule has 0 aliphatic rings. The summed E-state index contributed by atoms with van der Waals surface area (Å²) in [4.78, 5) is 6.07. The van der Waals surface area contributed by atoms with Crippen LogP contribution in [0, 0.1) is 5.92 Å². The maximum absolute atomic E-state index is 5.80. The maximum Gasteiger partial charge on any atom is 0.141 e. The SMILES string of the molecule is CCC(C)CCOC.CCN(Sc1ccc(N)cc1)c1ccc2c(c1)nc(C(C)(C)OC)n2CC. The van der Waals surface area contributed by atoms with E-state index in [0.29, 0.717) is 0 Å². The molecule has 0 spiro atoms. The molecule has 3 aromatic rings. The van der Waals surface area contributed by atoms with Gasteiger partial charge in [-0.3, -0.25) is 0 Å². The predicted octanol–water partition coefficient (Wildman–Crippen LogP) is 7.12. The second-order valence-corrected chi connectivity index (χ2v) is 10.3. The van der Waals surface area contributed by atoms with E-state index < -0.39 is 5.60 Å². The Morgan fingerprint density at radius 2 is 1.77 bits per heavy atom. The molecule has 35 heavy (non-hydrogen) atoms. The molecule has 3 rings (SSSR count). The van der Waals surface area contributed by atoms with Crippen molar-refractivity contribution in [2.45, 2.75) is 71.4 Å². The van der Waals surface area contributed by atoms with Gasteiger partial charge in [0.25, 0.3) is 0 Å². The van der Waals surface area contributed by atoms with Crippen molar-refractivity contribution in [3.8, 4) is 0 Å². The van der Waals surface area contributed by atoms with Crippen molar-refractivity contribution in [3.63, 3.8) is 0 Å². The van der Waals surface area contributed by atoms with E-state index in [4.69, 9.17) is 20.2 Å². The van der Waals surface area contributed by atoms with E-state index in [1.807, 2.05) is 24.3 Å². The maximum atomic E-state index is 5.80. The van der Waals surface area contributed by atoms with Crippen LogP contribution >= 0.6 is 11.9 Å². The summed E-state index contributed by atoms with van der Waals surface area (Å²) >= 11 is 1.70. The second-order valence-electron chi connectivity index (χ2n) is 9.22. The molecule has 1 unspecified atom stereocenters. The highest BCUT2D eigenvalue weighted by Crippen LogP contribution is 2.33. The molecule has 0 bridgehead atoms. The third-order valence-corrected chi connectivity index (χ3v) is 7.45. The number of aryl methyl sites for hydroxylation is 1. The van der Waals surface area contributed by atoms with Crippen molar-refractivity contribution < 1.29 is 9.47 Å². The number of rotatable bonds is 11. The summed E-state index contributed by atoms with van der Waals surface area (Å²) in [7, 11) is 3.48. The zero-order valence-electron chi connectivity index (χ0n) is 22.8. The van der Waals surface area contributed by atoms with Crippen LogP contribution in [-0.2, 0) is 21.6 Å². The van der Waals surface area contributed by atoms with Crippen molar-refractivity contribution in [2.24, 2.45) is 5.92 Å². The molecule has 1 aromatic heterocycles. The molecule has 0 amide bonds. The number of hydrogen-bond acceptors (Lipinski definition) is 6. The third kappa shape index (κ3) is 7.89. The van der Waals surface area contributed by atoms with Crippen LogP contribution in [0.1, 0.15) is 60.2 Å². The van der Waals surface area contributed by atoms with E-state index in [-0.39, 0.29) is 0 Å². The Bertz CT molecular complexity index is 1030. The van der Waals surface area contributed by atoms with Crippen LogP contribution in [0.5, 0.6) is 0 Å². The van der Waals surface area contributed by atoms with Gasteiger partial charge in [-0.2, -0.15) is 0 Å². The fraction of sp³-hybridized carbons (Fsp3) is 0.536. The van der Waals surface area contributed by atoms with Gasteiger partial charge in [0.2, 0.25) is 0 Å². The molecule has 0 fully saturated rings. The van der Waals surface area contributed by atoms with E-state index in [9.17, 15) is 0 Å². The molecule has 0 saturated carbocycles. The highest BCUT2D eigenvalue weighted by Gasteiger charge is 2.27. The van der Waals surface area contributed by atoms with Crippen molar-refractivity contribution in [1.82, 2.24) is 9.55 Å². The van der Waals surface area contributed by atoms with Gasteiger partial charge < -0.3 is 24.1 Å². The minimum Gasteiger partial charge on any atom is -0.399 e. The van der Waals surface area contributed by atoms with Crippen LogP contribution in [-0.4, -0.2) is 36.9 Å². The highest BCUT2D eigenvalue weighted by atomic mass is 32.2. The summed E-state index contributed by atoms with van der Waals surface area (Å²) in [5, 5.41) is 0. The minimum atomic E-state index is -0.432. The molecule has 194 valence electrons. The molecule has 1 atom stereocenters. The molecule has 0 aliphatic heterocycles. The van der Waals surface area contributed by atoms with Gasteiger partial charge in [-0.15, -0.1) is 0 Å². The Labute approximate surface area is 216 Å². The van der Waals surface area contributed by atoms with Crippen molar-refractivity contribution in [2.75, 3.05) is 37.4 Å². The van der Waals surface area contributed by atoms with Gasteiger partial charge in [-0.1, -0.05) is 20.3 Å². The number of methoxy groups -OCH3 is 2. The number of fused-ring (bicyclic) bond motifs is 1. The molecule has 6 nitrogen and oxygen atoms in total. The molecule has 7 heteroatoms. The topological polar surface area (TPSA) is 65.5 Å². The molecular formula is C28H44N4O2S. The number of nitrogens with zero attached hydrogens (tertiary/aromatic N) is 3. The standard InChI is InChI=1S/C21H28N4OS.C7H16O/c1-6-24-19-13-10-16(14-18(19)23-20(24)21(3,4)26-5)25(7-2)27-17-11-8-15(22)9-12-17;1-4-7(2)5-6-8-3/h8-14H,6-7,22H2,1-5H3;7H,4-6H2,1-3H3. The van der Waals surface area contributed by atoms with Crippen LogP contribution in [0.15, 0.2) is 47.4 Å². The van der Waals surface area contributed by atoms with Crippen LogP contribution < -0.4 is 10.0 Å². The lowest BCUT2D eigenvalue weighted by Gasteiger charge is -2.23. The Morgan fingerprint density at radius 3 is 2.31 bits per heavy atom. The van der Waals surface area contributed by atoms with Crippen molar-refractivity contribution in [3.05, 3.63) is 48.3 Å². The lowest BCUT2D eigenvalue weighted by molar-refractivity contribution is 0.00907. The molecule has 0 radical (unpaired) electrons. The Morgan fingerprint density at radius 1 is 1.09 bits per heavy atom. The van der Waals surface area contributed by atoms with E-state index in [1.165, 1.54) is 12.8 Å². The van der Waals surface area contributed by atoms with Gasteiger partial charge in [0.15, 0.2) is 0 Å². The van der Waals surface area contributed by atoms with Crippen LogP contribution in [0.2, 0.25) is 0 Å². The van der Waals surface area contributed by atoms with Gasteiger partial charge in [0, 0.05) is 50.2 Å². The number of aromatic nitrogens is 2. The Hall–Kier alpha value is -2.22. The van der Waals surface area contributed by atoms with E-state index in [1.54, 1.807) is 26.2 Å². The Balaban J connectivity index is 0.000000466. The lowest BCUT2D eigenvalue weighted by atomic mass is 10.1. The molecular weight excluding hydrogens is 456 g/mol. The van der Waals surface area contributed by atoms with Gasteiger partial charge in [-0.05, 0) is 94.4 Å². The first-order valence-electron chi connectivity index (χ1n) is 12.6. The van der Waals surface area contributed by atoms with Crippen LogP contribution in [0.25, 0.3) is 11.0 Å². The van der Waals surface area contributed by atoms with E-state index in [2.05, 4.69) is 68.6 Å². The van der Waals surface area contributed by atoms with Crippen LogP contribution in [0.3, 0.4) is 0 Å². The first kappa shape index (κ1) is 29.0. The summed E-state index contributed by atoms with van der Waals surface area (Å²) in [5.74, 6) is 1.78. The second kappa shape index (κ2) is 13.8. The minimum absolute atomic E-state index is 0.432. The average Bonchev–Trinajstić information content (AvgIpc) is 3.26. The molecule has 0 saturated heterocycles. The van der Waals surface area contributed by atoms with Gasteiger partial charge >= 0.3 is 0 Å². The normalized spacial score (nSPS) is 12.3. The highest BCUT2D eigenvalue weighted by molar-refractivity contribution is 8.00. The zero-order chi connectivity index (χ0) is 26.0. The molecule has 2 aromatic carbocycles. The summed E-state index contributed by atoms with van der Waals surface area (Å²) in [6.07, 6.45) is 2.47. The number of imidazole rings is 1. The summed E-state index contributed by atoms with van der Waals surface area (Å²) in [5.41, 5.74) is 9.40. The summed E-state index contributed by atoms with van der Waals surface area (Å²) in [6, 6.07) is 14.4. The molecule has 1 heterocycles. The number of anilines is 2. The molecule has 0 aliphatic carbocycles. The number of benzene rings is 2. The van der Waals surface area contributed by atoms with E-state index in [0.717, 1.165) is 58.7 Å². The Kier molecular flexibility index (Phi) is 11.4. The van der Waals surface area contributed by atoms with Gasteiger partial charge in [0.05, 0.1) is 11.0 Å². The van der Waals surface area contributed by atoms with Gasteiger partial charge in [-0.25, -0.2) is 4.98 Å². The first-order valence-corrected chi connectivity index (χ1v) is 13.3. The zero-order valence-corrected chi connectivity index (χ0v) is 23.6. The number of nitrogens with two attached hydrogens (primary N) is 1. The van der Waals surface area contributed by atoms with Crippen molar-refractivity contribution in [1.29, 1.82) is 0 Å². The quantitative estimate of drug-likeness (QED) is 0.223. The summed E-state index contributed by atoms with van der Waals surface area (Å²) < 4.78 is 15.1. The predicted molar refractivity (Wildman–Crippen MR) is 151 cm³/mol.